The summed E-state index contributed by atoms with van der Waals surface area (Å²) in [7, 11) is 0. The second-order valence-corrected chi connectivity index (χ2v) is 8.45. The molecule has 1 heterocycles. The third kappa shape index (κ3) is 6.75. The molecular formula is C29H34O5. The molecule has 34 heavy (non-hydrogen) atoms. The van der Waals surface area contributed by atoms with Crippen LogP contribution in [0.15, 0.2) is 91.0 Å². The Kier molecular flexibility index (Phi) is 9.25. The maximum Gasteiger partial charge on any atom is 0.186 e. The van der Waals surface area contributed by atoms with E-state index < -0.39 is 12.4 Å². The Morgan fingerprint density at radius 3 is 1.41 bits per heavy atom. The van der Waals surface area contributed by atoms with Gasteiger partial charge in [-0.05, 0) is 30.5 Å². The number of hydrogen-bond donors (Lipinski definition) is 0. The number of benzene rings is 3. The predicted molar refractivity (Wildman–Crippen MR) is 131 cm³/mol. The molecule has 3 aromatic rings. The van der Waals surface area contributed by atoms with Gasteiger partial charge in [0.15, 0.2) is 6.29 Å². The van der Waals surface area contributed by atoms with E-state index in [4.69, 9.17) is 23.7 Å². The SMILES string of the molecule is CCO[C@H]1O[C@H](C)[C@H](OCc2ccccc2)[C@H](OCc2ccccc2)[C@H]1OCc1ccccc1. The molecule has 0 unspecified atom stereocenters. The molecule has 3 aromatic carbocycles. The van der Waals surface area contributed by atoms with Gasteiger partial charge in [0, 0.05) is 6.61 Å². The third-order valence-electron chi connectivity index (χ3n) is 5.91. The van der Waals surface area contributed by atoms with Gasteiger partial charge in [-0.25, -0.2) is 0 Å². The fourth-order valence-electron chi connectivity index (χ4n) is 4.17. The van der Waals surface area contributed by atoms with Crippen molar-refractivity contribution in [2.24, 2.45) is 0 Å². The highest BCUT2D eigenvalue weighted by Crippen LogP contribution is 2.30. The van der Waals surface area contributed by atoms with Crippen LogP contribution in [0.25, 0.3) is 0 Å². The molecule has 0 saturated carbocycles. The van der Waals surface area contributed by atoms with E-state index >= 15 is 0 Å². The molecule has 1 aliphatic rings. The van der Waals surface area contributed by atoms with Gasteiger partial charge in [0.1, 0.15) is 18.3 Å². The predicted octanol–water partition coefficient (Wildman–Crippen LogP) is 5.52. The van der Waals surface area contributed by atoms with Gasteiger partial charge in [-0.2, -0.15) is 0 Å². The maximum absolute atomic E-state index is 6.51. The lowest BCUT2D eigenvalue weighted by Gasteiger charge is -2.45. The molecule has 180 valence electrons. The van der Waals surface area contributed by atoms with E-state index in [9.17, 15) is 0 Å². The lowest BCUT2D eigenvalue weighted by atomic mass is 9.98. The van der Waals surface area contributed by atoms with Crippen molar-refractivity contribution < 1.29 is 23.7 Å². The van der Waals surface area contributed by atoms with Crippen LogP contribution in [0.2, 0.25) is 0 Å². The molecule has 0 aliphatic carbocycles. The fourth-order valence-corrected chi connectivity index (χ4v) is 4.17. The fraction of sp³-hybridized carbons (Fsp3) is 0.379. The van der Waals surface area contributed by atoms with Gasteiger partial charge in [0.2, 0.25) is 0 Å². The summed E-state index contributed by atoms with van der Waals surface area (Å²) in [4.78, 5) is 0. The van der Waals surface area contributed by atoms with Gasteiger partial charge in [-0.15, -0.1) is 0 Å². The first-order valence-corrected chi connectivity index (χ1v) is 12.0. The van der Waals surface area contributed by atoms with Gasteiger partial charge in [-0.3, -0.25) is 0 Å². The normalized spacial score (nSPS) is 24.7. The first-order chi connectivity index (χ1) is 16.7. The van der Waals surface area contributed by atoms with Gasteiger partial charge in [0.25, 0.3) is 0 Å². The summed E-state index contributed by atoms with van der Waals surface area (Å²) in [6.45, 7) is 5.84. The highest BCUT2D eigenvalue weighted by Gasteiger charge is 2.47. The number of ether oxygens (including phenoxy) is 5. The summed E-state index contributed by atoms with van der Waals surface area (Å²) in [6.07, 6.45) is -1.89. The van der Waals surface area contributed by atoms with Crippen molar-refractivity contribution in [3.05, 3.63) is 108 Å². The zero-order valence-corrected chi connectivity index (χ0v) is 19.9. The Balaban J connectivity index is 1.55. The van der Waals surface area contributed by atoms with Crippen molar-refractivity contribution in [3.63, 3.8) is 0 Å². The smallest absolute Gasteiger partial charge is 0.186 e. The van der Waals surface area contributed by atoms with Crippen molar-refractivity contribution in [1.82, 2.24) is 0 Å². The van der Waals surface area contributed by atoms with E-state index in [0.717, 1.165) is 16.7 Å². The van der Waals surface area contributed by atoms with Crippen LogP contribution in [0.5, 0.6) is 0 Å². The quantitative estimate of drug-likeness (QED) is 0.375. The minimum Gasteiger partial charge on any atom is -0.368 e. The standard InChI is InChI=1S/C29H34O5/c1-3-30-29-28(33-21-25-17-11-6-12-18-25)27(32-20-24-15-9-5-10-16-24)26(22(2)34-29)31-19-23-13-7-4-8-14-23/h4-18,22,26-29H,3,19-21H2,1-2H3/t22-,26+,27+,28-,29+/m1/s1. The molecule has 1 aliphatic heterocycles. The van der Waals surface area contributed by atoms with Crippen molar-refractivity contribution in [2.75, 3.05) is 6.61 Å². The molecule has 0 spiro atoms. The van der Waals surface area contributed by atoms with Crippen LogP contribution in [-0.4, -0.2) is 37.3 Å². The molecule has 0 N–H and O–H groups in total. The van der Waals surface area contributed by atoms with E-state index in [1.807, 2.05) is 80.6 Å². The Morgan fingerprint density at radius 1 is 0.559 bits per heavy atom. The molecule has 5 nitrogen and oxygen atoms in total. The molecular weight excluding hydrogens is 428 g/mol. The summed E-state index contributed by atoms with van der Waals surface area (Å²) >= 11 is 0. The number of hydrogen-bond acceptors (Lipinski definition) is 5. The van der Waals surface area contributed by atoms with Crippen LogP contribution >= 0.6 is 0 Å². The first-order valence-electron chi connectivity index (χ1n) is 12.0. The zero-order chi connectivity index (χ0) is 23.6. The largest absolute Gasteiger partial charge is 0.368 e. The summed E-state index contributed by atoms with van der Waals surface area (Å²) in [5, 5.41) is 0. The van der Waals surface area contributed by atoms with Gasteiger partial charge >= 0.3 is 0 Å². The van der Waals surface area contributed by atoms with Crippen LogP contribution < -0.4 is 0 Å². The monoisotopic (exact) mass is 462 g/mol. The van der Waals surface area contributed by atoms with E-state index in [2.05, 4.69) is 24.3 Å². The zero-order valence-electron chi connectivity index (χ0n) is 19.9. The molecule has 5 heteroatoms. The van der Waals surface area contributed by atoms with E-state index in [1.165, 1.54) is 0 Å². The lowest BCUT2D eigenvalue weighted by Crippen LogP contribution is -2.60. The molecule has 0 radical (unpaired) electrons. The van der Waals surface area contributed by atoms with Crippen molar-refractivity contribution in [2.45, 2.75) is 64.4 Å². The van der Waals surface area contributed by atoms with Gasteiger partial charge < -0.3 is 23.7 Å². The summed E-state index contributed by atoms with van der Waals surface area (Å²) < 4.78 is 31.5. The highest BCUT2D eigenvalue weighted by atomic mass is 16.7. The van der Waals surface area contributed by atoms with Gasteiger partial charge in [0.05, 0.1) is 25.9 Å². The van der Waals surface area contributed by atoms with E-state index in [1.54, 1.807) is 0 Å². The number of rotatable bonds is 11. The van der Waals surface area contributed by atoms with Crippen LogP contribution in [-0.2, 0) is 43.5 Å². The highest BCUT2D eigenvalue weighted by molar-refractivity contribution is 5.15. The summed E-state index contributed by atoms with van der Waals surface area (Å²) in [5.41, 5.74) is 3.28. The molecule has 5 atom stereocenters. The Hall–Kier alpha value is -2.54. The molecule has 1 saturated heterocycles. The van der Waals surface area contributed by atoms with Crippen molar-refractivity contribution in [3.8, 4) is 0 Å². The second kappa shape index (κ2) is 12.8. The Morgan fingerprint density at radius 2 is 0.971 bits per heavy atom. The molecule has 0 amide bonds. The third-order valence-corrected chi connectivity index (χ3v) is 5.91. The van der Waals surface area contributed by atoms with Gasteiger partial charge in [-0.1, -0.05) is 91.0 Å². The van der Waals surface area contributed by atoms with Crippen LogP contribution in [0.3, 0.4) is 0 Å². The molecule has 1 fully saturated rings. The first kappa shape index (κ1) is 24.6. The minimum absolute atomic E-state index is 0.224. The van der Waals surface area contributed by atoms with Crippen molar-refractivity contribution in [1.29, 1.82) is 0 Å². The molecule has 0 aromatic heterocycles. The molecule has 4 rings (SSSR count). The average molecular weight is 463 g/mol. The van der Waals surface area contributed by atoms with E-state index in [-0.39, 0.29) is 18.3 Å². The minimum atomic E-state index is -0.541. The summed E-state index contributed by atoms with van der Waals surface area (Å²) in [5.74, 6) is 0. The topological polar surface area (TPSA) is 46.2 Å². The maximum atomic E-state index is 6.51. The average Bonchev–Trinajstić information content (AvgIpc) is 2.88. The Bertz CT molecular complexity index is 950. The van der Waals surface area contributed by atoms with Crippen LogP contribution in [0.4, 0.5) is 0 Å². The lowest BCUT2D eigenvalue weighted by molar-refractivity contribution is -0.319. The van der Waals surface area contributed by atoms with E-state index in [0.29, 0.717) is 26.4 Å². The molecule has 0 bridgehead atoms. The van der Waals surface area contributed by atoms with Crippen LogP contribution in [0, 0.1) is 0 Å². The summed E-state index contributed by atoms with van der Waals surface area (Å²) in [6, 6.07) is 30.4. The Labute approximate surface area is 202 Å². The van der Waals surface area contributed by atoms with Crippen LogP contribution in [0.1, 0.15) is 30.5 Å². The van der Waals surface area contributed by atoms with Crippen molar-refractivity contribution >= 4 is 0 Å². The second-order valence-electron chi connectivity index (χ2n) is 8.45.